The molecule has 0 aliphatic rings. The van der Waals surface area contributed by atoms with Crippen molar-refractivity contribution in [2.45, 2.75) is 26.9 Å². The van der Waals surface area contributed by atoms with Gasteiger partial charge in [-0.1, -0.05) is 12.8 Å². The molecule has 0 aliphatic carbocycles. The van der Waals surface area contributed by atoms with Crippen molar-refractivity contribution in [1.82, 2.24) is 15.1 Å². The van der Waals surface area contributed by atoms with E-state index in [1.54, 1.807) is 0 Å². The Labute approximate surface area is 79.1 Å². The van der Waals surface area contributed by atoms with E-state index in [9.17, 15) is 0 Å². The zero-order valence-electron chi connectivity index (χ0n) is 8.17. The lowest BCUT2D eigenvalue weighted by Crippen LogP contribution is -2.12. The van der Waals surface area contributed by atoms with E-state index in [0.717, 1.165) is 18.8 Å². The van der Waals surface area contributed by atoms with Crippen molar-refractivity contribution in [3.8, 4) is 11.8 Å². The van der Waals surface area contributed by atoms with Crippen LogP contribution in [0, 0.1) is 11.8 Å². The molecular formula is C10H15N3. The van der Waals surface area contributed by atoms with E-state index in [2.05, 4.69) is 29.2 Å². The van der Waals surface area contributed by atoms with Gasteiger partial charge in [0.15, 0.2) is 0 Å². The van der Waals surface area contributed by atoms with E-state index in [-0.39, 0.29) is 0 Å². The van der Waals surface area contributed by atoms with Crippen molar-refractivity contribution in [1.29, 1.82) is 0 Å². The van der Waals surface area contributed by atoms with Crippen LogP contribution >= 0.6 is 0 Å². The number of nitrogens with zero attached hydrogens (tertiary/aromatic N) is 2. The first-order chi connectivity index (χ1) is 6.36. The number of hydrogen-bond acceptors (Lipinski definition) is 2. The maximum atomic E-state index is 4.34. The smallest absolute Gasteiger partial charge is 0.102 e. The summed E-state index contributed by atoms with van der Waals surface area (Å²) in [6, 6.07) is 2.01. The fraction of sp³-hybridized carbons (Fsp3) is 0.500. The molecule has 0 aliphatic heterocycles. The Hall–Kier alpha value is -1.27. The third kappa shape index (κ3) is 3.30. The van der Waals surface area contributed by atoms with Gasteiger partial charge in [0.25, 0.3) is 0 Å². The van der Waals surface area contributed by atoms with Crippen LogP contribution in [-0.4, -0.2) is 16.3 Å². The zero-order valence-corrected chi connectivity index (χ0v) is 8.17. The summed E-state index contributed by atoms with van der Waals surface area (Å²) in [6.07, 6.45) is 1.96. The first-order valence-corrected chi connectivity index (χ1v) is 4.49. The highest BCUT2D eigenvalue weighted by molar-refractivity contribution is 5.01. The van der Waals surface area contributed by atoms with Gasteiger partial charge in [-0.2, -0.15) is 5.10 Å². The van der Waals surface area contributed by atoms with Gasteiger partial charge in [-0.3, -0.25) is 4.68 Å². The summed E-state index contributed by atoms with van der Waals surface area (Å²) < 4.78 is 1.85. The van der Waals surface area contributed by atoms with Crippen LogP contribution in [0.1, 0.15) is 19.5 Å². The summed E-state index contributed by atoms with van der Waals surface area (Å²) >= 11 is 0. The number of hydrogen-bond donors (Lipinski definition) is 1. The molecule has 1 aromatic rings. The topological polar surface area (TPSA) is 29.9 Å². The van der Waals surface area contributed by atoms with E-state index < -0.39 is 0 Å². The molecule has 0 amide bonds. The fourth-order valence-electron chi connectivity index (χ4n) is 0.999. The lowest BCUT2D eigenvalue weighted by molar-refractivity contribution is 0.658. The van der Waals surface area contributed by atoms with Crippen molar-refractivity contribution >= 4 is 0 Å². The van der Waals surface area contributed by atoms with Gasteiger partial charge in [0, 0.05) is 12.7 Å². The molecule has 0 aromatic carbocycles. The molecule has 1 heterocycles. The lowest BCUT2D eigenvalue weighted by Gasteiger charge is -1.96. The predicted octanol–water partition coefficient (Wildman–Crippen LogP) is 1.02. The Morgan fingerprint density at radius 3 is 3.15 bits per heavy atom. The highest BCUT2D eigenvalue weighted by Gasteiger charge is 1.95. The summed E-state index contributed by atoms with van der Waals surface area (Å²) in [5.41, 5.74) is 1.07. The monoisotopic (exact) mass is 177 g/mol. The van der Waals surface area contributed by atoms with Crippen molar-refractivity contribution < 1.29 is 0 Å². The molecule has 1 N–H and O–H groups in total. The van der Waals surface area contributed by atoms with E-state index in [1.165, 1.54) is 0 Å². The third-order valence-corrected chi connectivity index (χ3v) is 1.67. The lowest BCUT2D eigenvalue weighted by atomic mass is 10.4. The van der Waals surface area contributed by atoms with Crippen LogP contribution in [0.4, 0.5) is 0 Å². The van der Waals surface area contributed by atoms with E-state index in [0.29, 0.717) is 6.54 Å². The van der Waals surface area contributed by atoms with Crippen LogP contribution in [0.2, 0.25) is 0 Å². The second-order valence-electron chi connectivity index (χ2n) is 2.71. The zero-order chi connectivity index (χ0) is 9.52. The molecule has 0 atom stereocenters. The molecule has 0 saturated heterocycles. The molecule has 0 radical (unpaired) electrons. The van der Waals surface area contributed by atoms with Gasteiger partial charge < -0.3 is 5.32 Å². The Morgan fingerprint density at radius 2 is 2.46 bits per heavy atom. The molecule has 0 bridgehead atoms. The maximum absolute atomic E-state index is 4.34. The Kier molecular flexibility index (Phi) is 4.07. The maximum Gasteiger partial charge on any atom is 0.102 e. The van der Waals surface area contributed by atoms with Crippen LogP contribution in [-0.2, 0) is 13.1 Å². The molecule has 1 rings (SSSR count). The minimum atomic E-state index is 0.683. The van der Waals surface area contributed by atoms with Crippen LogP contribution in [0.15, 0.2) is 12.3 Å². The molecule has 70 valence electrons. The summed E-state index contributed by atoms with van der Waals surface area (Å²) in [5, 5.41) is 7.56. The molecular weight excluding hydrogens is 162 g/mol. The quantitative estimate of drug-likeness (QED) is 0.696. The SMILES string of the molecule is CC#CCn1ccc(CNCC)n1. The largest absolute Gasteiger partial charge is 0.311 e. The highest BCUT2D eigenvalue weighted by Crippen LogP contribution is 1.94. The standard InChI is InChI=1S/C10H15N3/c1-3-5-7-13-8-6-10(12-13)9-11-4-2/h6,8,11H,4,7,9H2,1-2H3. The predicted molar refractivity (Wildman–Crippen MR) is 53.1 cm³/mol. The van der Waals surface area contributed by atoms with Gasteiger partial charge in [0.2, 0.25) is 0 Å². The average molecular weight is 177 g/mol. The van der Waals surface area contributed by atoms with Gasteiger partial charge in [-0.05, 0) is 19.5 Å². The minimum absolute atomic E-state index is 0.683. The van der Waals surface area contributed by atoms with Crippen molar-refractivity contribution in [2.24, 2.45) is 0 Å². The Balaban J connectivity index is 2.46. The van der Waals surface area contributed by atoms with E-state index >= 15 is 0 Å². The molecule has 13 heavy (non-hydrogen) atoms. The minimum Gasteiger partial charge on any atom is -0.311 e. The number of nitrogens with one attached hydrogen (secondary N) is 1. The molecule has 0 fully saturated rings. The molecule has 0 spiro atoms. The third-order valence-electron chi connectivity index (χ3n) is 1.67. The molecule has 3 nitrogen and oxygen atoms in total. The van der Waals surface area contributed by atoms with E-state index in [4.69, 9.17) is 0 Å². The highest BCUT2D eigenvalue weighted by atomic mass is 15.3. The first kappa shape index (κ1) is 9.82. The van der Waals surface area contributed by atoms with E-state index in [1.807, 2.05) is 23.9 Å². The Morgan fingerprint density at radius 1 is 1.62 bits per heavy atom. The summed E-state index contributed by atoms with van der Waals surface area (Å²) in [5.74, 6) is 5.81. The van der Waals surface area contributed by atoms with Crippen LogP contribution in [0.3, 0.4) is 0 Å². The molecule has 1 aromatic heterocycles. The molecule has 3 heteroatoms. The van der Waals surface area contributed by atoms with Gasteiger partial charge >= 0.3 is 0 Å². The normalized spacial score (nSPS) is 9.38. The van der Waals surface area contributed by atoms with Crippen LogP contribution < -0.4 is 5.32 Å². The van der Waals surface area contributed by atoms with Crippen LogP contribution in [0.25, 0.3) is 0 Å². The van der Waals surface area contributed by atoms with Crippen LogP contribution in [0.5, 0.6) is 0 Å². The van der Waals surface area contributed by atoms with Crippen molar-refractivity contribution in [3.05, 3.63) is 18.0 Å². The number of aromatic nitrogens is 2. The first-order valence-electron chi connectivity index (χ1n) is 4.49. The van der Waals surface area contributed by atoms with Gasteiger partial charge in [0.05, 0.1) is 5.69 Å². The summed E-state index contributed by atoms with van der Waals surface area (Å²) in [4.78, 5) is 0. The van der Waals surface area contributed by atoms with Gasteiger partial charge in [-0.15, -0.1) is 5.92 Å². The van der Waals surface area contributed by atoms with Crippen molar-refractivity contribution in [3.63, 3.8) is 0 Å². The second kappa shape index (κ2) is 5.39. The molecule has 0 unspecified atom stereocenters. The number of rotatable bonds is 4. The second-order valence-corrected chi connectivity index (χ2v) is 2.71. The van der Waals surface area contributed by atoms with Gasteiger partial charge in [0.1, 0.15) is 6.54 Å². The van der Waals surface area contributed by atoms with Gasteiger partial charge in [-0.25, -0.2) is 0 Å². The fourth-order valence-corrected chi connectivity index (χ4v) is 0.999. The summed E-state index contributed by atoms with van der Waals surface area (Å²) in [6.45, 7) is 6.41. The molecule has 0 saturated carbocycles. The Bertz CT molecular complexity index is 303. The average Bonchev–Trinajstić information content (AvgIpc) is 2.59. The summed E-state index contributed by atoms with van der Waals surface area (Å²) in [7, 11) is 0. The van der Waals surface area contributed by atoms with Crippen molar-refractivity contribution in [2.75, 3.05) is 6.54 Å².